The molecule has 0 spiro atoms. The van der Waals surface area contributed by atoms with Crippen molar-refractivity contribution in [3.63, 3.8) is 0 Å². The Morgan fingerprint density at radius 1 is 0.722 bits per heavy atom. The van der Waals surface area contributed by atoms with Gasteiger partial charge in [-0.1, -0.05) is 60.7 Å². The first-order chi connectivity index (χ1) is 7.97. The second-order valence-electron chi connectivity index (χ2n) is 3.25. The first-order valence-electron chi connectivity index (χ1n) is 4.85. The molecule has 0 unspecified atom stereocenters. The van der Waals surface area contributed by atoms with Gasteiger partial charge in [0.05, 0.1) is 0 Å². The molecule has 0 heterocycles. The maximum atomic E-state index is 8.88. The van der Waals surface area contributed by atoms with Crippen LogP contribution in [-0.4, -0.2) is 14.7 Å². The molecule has 6 heteroatoms. The van der Waals surface area contributed by atoms with E-state index in [1.807, 2.05) is 12.1 Å². The van der Waals surface area contributed by atoms with Gasteiger partial charge in [0.2, 0.25) is 0 Å². The van der Waals surface area contributed by atoms with Crippen LogP contribution in [0.1, 0.15) is 1.43 Å². The largest absolute Gasteiger partial charge is 1.00 e. The number of hydrogen-bond acceptors (Lipinski definition) is 1. The molecule has 4 nitrogen and oxygen atoms in total. The molecule has 0 aromatic heterocycles. The minimum Gasteiger partial charge on any atom is -1.00 e. The van der Waals surface area contributed by atoms with Crippen molar-refractivity contribution < 1.29 is 50.2 Å². The van der Waals surface area contributed by atoms with Gasteiger partial charge in [0.1, 0.15) is 0 Å². The Bertz CT molecular complexity index is 444. The molecule has 0 saturated heterocycles. The fraction of sp³-hybridized carbons (Fsp3) is 0. The van der Waals surface area contributed by atoms with Gasteiger partial charge in [-0.15, -0.1) is 0 Å². The summed E-state index contributed by atoms with van der Waals surface area (Å²) in [7, 11) is -4.64. The summed E-state index contributed by atoms with van der Waals surface area (Å²) in [6, 6.07) is 20.8. The molecule has 2 rings (SSSR count). The third kappa shape index (κ3) is 8.61. The van der Waals surface area contributed by atoms with Gasteiger partial charge >= 0.3 is 37.4 Å². The Labute approximate surface area is 129 Å². The second-order valence-corrected chi connectivity index (χ2v) is 4.27. The minimum absolute atomic E-state index is 0. The molecule has 3 N–H and O–H groups in total. The minimum atomic E-state index is -4.64. The van der Waals surface area contributed by atoms with Crippen molar-refractivity contribution in [2.75, 3.05) is 0 Å². The van der Waals surface area contributed by atoms with Gasteiger partial charge in [0, 0.05) is 0 Å². The molecule has 0 amide bonds. The molecule has 18 heavy (non-hydrogen) atoms. The smallest absolute Gasteiger partial charge is 1.00 e. The summed E-state index contributed by atoms with van der Waals surface area (Å²) < 4.78 is 8.88. The Balaban J connectivity index is 0. The third-order valence-electron chi connectivity index (χ3n) is 1.88. The molecule has 0 atom stereocenters. The van der Waals surface area contributed by atoms with Gasteiger partial charge in [-0.25, -0.2) is 4.57 Å². The van der Waals surface area contributed by atoms with E-state index in [1.54, 1.807) is 0 Å². The molecular weight excluding hydrogens is 262 g/mol. The maximum absolute atomic E-state index is 8.88. The van der Waals surface area contributed by atoms with E-state index < -0.39 is 7.82 Å². The number of rotatable bonds is 1. The summed E-state index contributed by atoms with van der Waals surface area (Å²) in [5.74, 6) is 0. The SMILES string of the molecule is O=P(O)(O)O.[H-].[Na+].c1ccc(-c2ccccc2)cc1. The molecule has 0 bridgehead atoms. The van der Waals surface area contributed by atoms with Gasteiger partial charge in [0.25, 0.3) is 0 Å². The second kappa shape index (κ2) is 8.62. The first-order valence-corrected chi connectivity index (χ1v) is 6.42. The Morgan fingerprint density at radius 3 is 1.17 bits per heavy atom. The number of phosphoric acid groups is 1. The van der Waals surface area contributed by atoms with E-state index in [1.165, 1.54) is 11.1 Å². The average molecular weight is 276 g/mol. The fourth-order valence-corrected chi connectivity index (χ4v) is 1.26. The van der Waals surface area contributed by atoms with E-state index in [9.17, 15) is 0 Å². The van der Waals surface area contributed by atoms with E-state index in [2.05, 4.69) is 48.5 Å². The first kappa shape index (κ1) is 17.6. The van der Waals surface area contributed by atoms with E-state index in [0.29, 0.717) is 0 Å². The summed E-state index contributed by atoms with van der Waals surface area (Å²) >= 11 is 0. The quantitative estimate of drug-likeness (QED) is 0.486. The van der Waals surface area contributed by atoms with Crippen LogP contribution in [0.25, 0.3) is 11.1 Å². The zero-order valence-electron chi connectivity index (χ0n) is 11.0. The van der Waals surface area contributed by atoms with Crippen molar-refractivity contribution in [3.05, 3.63) is 60.7 Å². The summed E-state index contributed by atoms with van der Waals surface area (Å²) in [5, 5.41) is 0. The Kier molecular flexibility index (Phi) is 8.40. The van der Waals surface area contributed by atoms with Crippen LogP contribution in [-0.2, 0) is 4.57 Å². The van der Waals surface area contributed by atoms with Gasteiger partial charge in [-0.3, -0.25) is 0 Å². The molecule has 0 aliphatic carbocycles. The van der Waals surface area contributed by atoms with Gasteiger partial charge in [0.15, 0.2) is 0 Å². The molecule has 0 radical (unpaired) electrons. The van der Waals surface area contributed by atoms with E-state index in [0.717, 1.165) is 0 Å². The monoisotopic (exact) mass is 276 g/mol. The van der Waals surface area contributed by atoms with Crippen LogP contribution >= 0.6 is 7.82 Å². The predicted molar refractivity (Wildman–Crippen MR) is 67.3 cm³/mol. The van der Waals surface area contributed by atoms with Crippen LogP contribution in [0.2, 0.25) is 0 Å². The zero-order chi connectivity index (χ0) is 12.7. The van der Waals surface area contributed by atoms with Crippen molar-refractivity contribution in [2.24, 2.45) is 0 Å². The Morgan fingerprint density at radius 2 is 0.944 bits per heavy atom. The topological polar surface area (TPSA) is 77.8 Å². The normalized spacial score (nSPS) is 9.72. The third-order valence-corrected chi connectivity index (χ3v) is 1.88. The number of benzene rings is 2. The van der Waals surface area contributed by atoms with Crippen molar-refractivity contribution in [2.45, 2.75) is 0 Å². The maximum Gasteiger partial charge on any atom is 1.00 e. The van der Waals surface area contributed by atoms with Crippen molar-refractivity contribution >= 4 is 7.82 Å². The van der Waals surface area contributed by atoms with Crippen LogP contribution in [0, 0.1) is 0 Å². The Hall–Kier alpha value is -0.450. The standard InChI is InChI=1S/C12H10.Na.H3O4P.H/c1-3-7-11(8-4-1)12-9-5-2-6-10-12;;1-5(2,3)4;/h1-10H;;(H3,1,2,3,4);/q;+1;;-1. The summed E-state index contributed by atoms with van der Waals surface area (Å²) in [6.07, 6.45) is 0. The molecule has 0 saturated carbocycles. The van der Waals surface area contributed by atoms with E-state index in [4.69, 9.17) is 19.2 Å². The van der Waals surface area contributed by atoms with Crippen LogP contribution in [0.5, 0.6) is 0 Å². The van der Waals surface area contributed by atoms with Crippen LogP contribution < -0.4 is 29.6 Å². The van der Waals surface area contributed by atoms with Gasteiger partial charge in [-0.2, -0.15) is 0 Å². The van der Waals surface area contributed by atoms with E-state index in [-0.39, 0.29) is 31.0 Å². The molecule has 2 aromatic rings. The summed E-state index contributed by atoms with van der Waals surface area (Å²) in [4.78, 5) is 21.6. The van der Waals surface area contributed by atoms with Gasteiger partial charge < -0.3 is 16.1 Å². The van der Waals surface area contributed by atoms with Gasteiger partial charge in [-0.05, 0) is 11.1 Å². The zero-order valence-corrected chi connectivity index (χ0v) is 12.9. The van der Waals surface area contributed by atoms with E-state index >= 15 is 0 Å². The fourth-order valence-electron chi connectivity index (χ4n) is 1.26. The van der Waals surface area contributed by atoms with Crippen LogP contribution in [0.4, 0.5) is 0 Å². The average Bonchev–Trinajstić information content (AvgIpc) is 2.29. The van der Waals surface area contributed by atoms with Crippen molar-refractivity contribution in [1.82, 2.24) is 0 Å². The molecule has 92 valence electrons. The molecule has 2 aromatic carbocycles. The summed E-state index contributed by atoms with van der Waals surface area (Å²) in [5.41, 5.74) is 2.55. The number of hydrogen-bond donors (Lipinski definition) is 3. The van der Waals surface area contributed by atoms with Crippen molar-refractivity contribution in [3.8, 4) is 11.1 Å². The molecular formula is C12H14NaO4P. The van der Waals surface area contributed by atoms with Crippen LogP contribution in [0.15, 0.2) is 60.7 Å². The van der Waals surface area contributed by atoms with Crippen molar-refractivity contribution in [1.29, 1.82) is 0 Å². The molecule has 0 aliphatic heterocycles. The van der Waals surface area contributed by atoms with Crippen LogP contribution in [0.3, 0.4) is 0 Å². The predicted octanol–water partition coefficient (Wildman–Crippen LogP) is -0.458. The summed E-state index contributed by atoms with van der Waals surface area (Å²) in [6.45, 7) is 0. The molecule has 0 fully saturated rings. The molecule has 0 aliphatic rings.